The second-order valence-electron chi connectivity index (χ2n) is 5.65. The van der Waals surface area contributed by atoms with Crippen molar-refractivity contribution in [3.63, 3.8) is 0 Å². The first-order valence-electron chi connectivity index (χ1n) is 8.60. The molecule has 1 aliphatic rings. The largest absolute Gasteiger partial charge is 0.372 e. The Balaban J connectivity index is 0.00000139. The molecule has 24 heavy (non-hydrogen) atoms. The number of rotatable bonds is 4. The summed E-state index contributed by atoms with van der Waals surface area (Å²) in [7, 11) is 1.86. The van der Waals surface area contributed by atoms with E-state index in [1.807, 2.05) is 46.9 Å². The van der Waals surface area contributed by atoms with E-state index in [4.69, 9.17) is 0 Å². The molecule has 0 amide bonds. The second kappa shape index (κ2) is 9.15. The number of azo groups is 1. The summed E-state index contributed by atoms with van der Waals surface area (Å²) >= 11 is 0. The van der Waals surface area contributed by atoms with Gasteiger partial charge in [0.1, 0.15) is 5.66 Å². The maximum absolute atomic E-state index is 4.46. The standard InChI is InChI=1S/C16H24N6.C2H6/c1-6-22(7-2)14-10-8-13(9-11-14)19-20-15-18-16(3,4)17-12-21(15)5;1-2/h8-12H,6-7H2,1-5H3;1-2H3. The Bertz CT molecular complexity index is 582. The van der Waals surface area contributed by atoms with Crippen molar-refractivity contribution in [3.05, 3.63) is 24.3 Å². The molecule has 1 aromatic carbocycles. The Morgan fingerprint density at radius 3 is 2.17 bits per heavy atom. The first kappa shape index (κ1) is 19.8. The van der Waals surface area contributed by atoms with Crippen molar-refractivity contribution in [3.8, 4) is 0 Å². The van der Waals surface area contributed by atoms with E-state index in [1.165, 1.54) is 5.69 Å². The number of hydrogen-bond donors (Lipinski definition) is 0. The summed E-state index contributed by atoms with van der Waals surface area (Å²) in [5.74, 6) is 0.563. The highest BCUT2D eigenvalue weighted by Gasteiger charge is 2.21. The second-order valence-corrected chi connectivity index (χ2v) is 5.65. The number of nitrogens with zero attached hydrogens (tertiary/aromatic N) is 6. The van der Waals surface area contributed by atoms with E-state index in [0.717, 1.165) is 18.8 Å². The first-order valence-corrected chi connectivity index (χ1v) is 8.60. The third-order valence-electron chi connectivity index (χ3n) is 3.47. The number of aliphatic imine (C=N–C) groups is 2. The summed E-state index contributed by atoms with van der Waals surface area (Å²) in [6.07, 6.45) is 1.73. The van der Waals surface area contributed by atoms with Gasteiger partial charge in [0.15, 0.2) is 0 Å². The first-order chi connectivity index (χ1) is 11.4. The van der Waals surface area contributed by atoms with Gasteiger partial charge in [0.2, 0.25) is 5.96 Å². The van der Waals surface area contributed by atoms with Crippen LogP contribution in [0.5, 0.6) is 0 Å². The highest BCUT2D eigenvalue weighted by molar-refractivity contribution is 5.92. The Kier molecular flexibility index (Phi) is 7.55. The lowest BCUT2D eigenvalue weighted by molar-refractivity contribution is 0.515. The molecular formula is C18H30N6. The summed E-state index contributed by atoms with van der Waals surface area (Å²) in [6, 6.07) is 8.08. The van der Waals surface area contributed by atoms with Gasteiger partial charge in [-0.1, -0.05) is 13.8 Å². The van der Waals surface area contributed by atoms with Gasteiger partial charge in [-0.2, -0.15) is 0 Å². The molecule has 0 saturated carbocycles. The molecule has 1 aliphatic heterocycles. The highest BCUT2D eigenvalue weighted by Crippen LogP contribution is 2.21. The third-order valence-corrected chi connectivity index (χ3v) is 3.47. The molecule has 6 nitrogen and oxygen atoms in total. The number of guanidine groups is 1. The van der Waals surface area contributed by atoms with Crippen LogP contribution in [0.15, 0.2) is 44.5 Å². The van der Waals surface area contributed by atoms with Gasteiger partial charge < -0.3 is 9.80 Å². The molecule has 0 spiro atoms. The van der Waals surface area contributed by atoms with Crippen LogP contribution in [0.2, 0.25) is 0 Å². The van der Waals surface area contributed by atoms with Gasteiger partial charge in [-0.25, -0.2) is 9.98 Å². The van der Waals surface area contributed by atoms with Gasteiger partial charge in [-0.05, 0) is 52.0 Å². The summed E-state index contributed by atoms with van der Waals surface area (Å²) in [4.78, 5) is 12.8. The quantitative estimate of drug-likeness (QED) is 0.751. The van der Waals surface area contributed by atoms with Crippen molar-refractivity contribution in [2.24, 2.45) is 20.2 Å². The van der Waals surface area contributed by atoms with E-state index < -0.39 is 5.66 Å². The average Bonchev–Trinajstić information content (AvgIpc) is 2.60. The summed E-state index contributed by atoms with van der Waals surface area (Å²) in [5, 5.41) is 8.51. The summed E-state index contributed by atoms with van der Waals surface area (Å²) in [6.45, 7) is 14.2. The summed E-state index contributed by atoms with van der Waals surface area (Å²) in [5.41, 5.74) is 1.53. The molecule has 0 unspecified atom stereocenters. The van der Waals surface area contributed by atoms with Crippen LogP contribution in [-0.2, 0) is 0 Å². The maximum Gasteiger partial charge on any atom is 0.248 e. The zero-order valence-corrected chi connectivity index (χ0v) is 16.0. The van der Waals surface area contributed by atoms with Gasteiger partial charge in [0.25, 0.3) is 0 Å². The lowest BCUT2D eigenvalue weighted by Crippen LogP contribution is -2.33. The molecule has 0 aliphatic carbocycles. The van der Waals surface area contributed by atoms with Crippen LogP contribution in [0.25, 0.3) is 0 Å². The molecule has 0 N–H and O–H groups in total. The maximum atomic E-state index is 4.46. The molecule has 0 aromatic heterocycles. The van der Waals surface area contributed by atoms with Gasteiger partial charge in [0, 0.05) is 25.8 Å². The van der Waals surface area contributed by atoms with Gasteiger partial charge in [0.05, 0.1) is 12.0 Å². The van der Waals surface area contributed by atoms with Crippen LogP contribution in [-0.4, -0.2) is 43.0 Å². The third kappa shape index (κ3) is 5.44. The van der Waals surface area contributed by atoms with E-state index in [0.29, 0.717) is 5.96 Å². The van der Waals surface area contributed by atoms with Crippen molar-refractivity contribution < 1.29 is 0 Å². The van der Waals surface area contributed by atoms with Crippen LogP contribution in [0.4, 0.5) is 11.4 Å². The minimum atomic E-state index is -0.479. The van der Waals surface area contributed by atoms with E-state index >= 15 is 0 Å². The van der Waals surface area contributed by atoms with Gasteiger partial charge in [-0.15, -0.1) is 10.2 Å². The molecule has 0 saturated heterocycles. The summed E-state index contributed by atoms with van der Waals surface area (Å²) < 4.78 is 0. The fourth-order valence-corrected chi connectivity index (χ4v) is 2.15. The molecular weight excluding hydrogens is 300 g/mol. The van der Waals surface area contributed by atoms with E-state index in [1.54, 1.807) is 11.2 Å². The van der Waals surface area contributed by atoms with Crippen LogP contribution < -0.4 is 4.90 Å². The van der Waals surface area contributed by atoms with Crippen molar-refractivity contribution in [1.82, 2.24) is 4.90 Å². The van der Waals surface area contributed by atoms with Crippen molar-refractivity contribution in [1.29, 1.82) is 0 Å². The molecule has 0 fully saturated rings. The monoisotopic (exact) mass is 330 g/mol. The molecule has 132 valence electrons. The SMILES string of the molecule is CC.CCN(CC)c1ccc(N=NC2=NC(C)(C)N=CN2C)cc1. The Hall–Kier alpha value is -2.24. The van der Waals surface area contributed by atoms with E-state index in [9.17, 15) is 0 Å². The lowest BCUT2D eigenvalue weighted by atomic mass is 10.2. The fraction of sp³-hybridized carbons (Fsp3) is 0.556. The number of benzene rings is 1. The average molecular weight is 330 g/mol. The number of anilines is 1. The van der Waals surface area contributed by atoms with E-state index in [-0.39, 0.29) is 0 Å². The zero-order valence-electron chi connectivity index (χ0n) is 16.0. The van der Waals surface area contributed by atoms with Crippen LogP contribution in [0.1, 0.15) is 41.5 Å². The zero-order chi connectivity index (χ0) is 18.2. The lowest BCUT2D eigenvalue weighted by Gasteiger charge is -2.24. The van der Waals surface area contributed by atoms with Gasteiger partial charge in [-0.3, -0.25) is 0 Å². The smallest absolute Gasteiger partial charge is 0.248 e. The Morgan fingerprint density at radius 1 is 1.04 bits per heavy atom. The normalized spacial score (nSPS) is 15.8. The molecule has 1 heterocycles. The predicted molar refractivity (Wildman–Crippen MR) is 104 cm³/mol. The van der Waals surface area contributed by atoms with Crippen molar-refractivity contribution >= 4 is 23.7 Å². The minimum absolute atomic E-state index is 0.479. The number of hydrogen-bond acceptors (Lipinski definition) is 6. The highest BCUT2D eigenvalue weighted by atomic mass is 15.4. The molecule has 0 atom stereocenters. The minimum Gasteiger partial charge on any atom is -0.372 e. The predicted octanol–water partition coefficient (Wildman–Crippen LogP) is 4.71. The van der Waals surface area contributed by atoms with Crippen molar-refractivity contribution in [2.75, 3.05) is 25.0 Å². The van der Waals surface area contributed by atoms with Crippen LogP contribution in [0, 0.1) is 0 Å². The fourth-order valence-electron chi connectivity index (χ4n) is 2.15. The molecule has 0 radical (unpaired) electrons. The molecule has 6 heteroatoms. The van der Waals surface area contributed by atoms with Crippen LogP contribution in [0.3, 0.4) is 0 Å². The van der Waals surface area contributed by atoms with Crippen LogP contribution >= 0.6 is 0 Å². The topological polar surface area (TPSA) is 55.9 Å². The molecule has 1 aromatic rings. The van der Waals surface area contributed by atoms with E-state index in [2.05, 4.69) is 51.1 Å². The Labute approximate surface area is 146 Å². The van der Waals surface area contributed by atoms with Crippen molar-refractivity contribution in [2.45, 2.75) is 47.2 Å². The van der Waals surface area contributed by atoms with Gasteiger partial charge >= 0.3 is 0 Å². The molecule has 2 rings (SSSR count). The Morgan fingerprint density at radius 2 is 1.62 bits per heavy atom. The molecule has 0 bridgehead atoms.